The van der Waals surface area contributed by atoms with Gasteiger partial charge in [-0.2, -0.15) is 0 Å². The standard InChI is InChI=1S/C20H31NO5/c1-17(2)25-16-8-13-21(14-12-20(23)24-3)19(22)11-7-15-26-18-9-5-4-6-10-18/h4-6,9-10,17H,7-8,11-16H2,1-3H3. The van der Waals surface area contributed by atoms with Gasteiger partial charge in [-0.25, -0.2) is 0 Å². The molecule has 1 aromatic carbocycles. The fraction of sp³-hybridized carbons (Fsp3) is 0.600. The van der Waals surface area contributed by atoms with E-state index in [1.165, 1.54) is 7.11 Å². The molecule has 0 bridgehead atoms. The first kappa shape index (κ1) is 22.0. The van der Waals surface area contributed by atoms with Gasteiger partial charge in [0.25, 0.3) is 0 Å². The topological polar surface area (TPSA) is 65.1 Å². The van der Waals surface area contributed by atoms with Gasteiger partial charge < -0.3 is 19.1 Å². The maximum Gasteiger partial charge on any atom is 0.307 e. The van der Waals surface area contributed by atoms with Crippen LogP contribution in [0.4, 0.5) is 0 Å². The molecule has 0 spiro atoms. The molecule has 26 heavy (non-hydrogen) atoms. The van der Waals surface area contributed by atoms with E-state index in [0.717, 1.165) is 12.2 Å². The number of methoxy groups -OCH3 is 1. The summed E-state index contributed by atoms with van der Waals surface area (Å²) in [7, 11) is 1.35. The lowest BCUT2D eigenvalue weighted by atomic mass is 10.2. The smallest absolute Gasteiger partial charge is 0.307 e. The predicted molar refractivity (Wildman–Crippen MR) is 100 cm³/mol. The van der Waals surface area contributed by atoms with Gasteiger partial charge in [-0.1, -0.05) is 18.2 Å². The number of hydrogen-bond donors (Lipinski definition) is 0. The minimum atomic E-state index is -0.311. The van der Waals surface area contributed by atoms with E-state index in [4.69, 9.17) is 9.47 Å². The number of nitrogens with zero attached hydrogens (tertiary/aromatic N) is 1. The molecule has 6 nitrogen and oxygen atoms in total. The second-order valence-electron chi connectivity index (χ2n) is 6.25. The molecular weight excluding hydrogens is 334 g/mol. The number of rotatable bonds is 13. The highest BCUT2D eigenvalue weighted by Crippen LogP contribution is 2.09. The Labute approximate surface area is 156 Å². The zero-order valence-corrected chi connectivity index (χ0v) is 16.1. The summed E-state index contributed by atoms with van der Waals surface area (Å²) in [6, 6.07) is 9.53. The van der Waals surface area contributed by atoms with Crippen molar-refractivity contribution in [2.45, 2.75) is 45.6 Å². The van der Waals surface area contributed by atoms with E-state index in [0.29, 0.717) is 39.1 Å². The van der Waals surface area contributed by atoms with Gasteiger partial charge in [0, 0.05) is 26.1 Å². The third-order valence-corrected chi connectivity index (χ3v) is 3.74. The van der Waals surface area contributed by atoms with Crippen LogP contribution in [0.25, 0.3) is 0 Å². The van der Waals surface area contributed by atoms with Crippen molar-refractivity contribution in [1.29, 1.82) is 0 Å². The second-order valence-corrected chi connectivity index (χ2v) is 6.25. The molecule has 0 aliphatic carbocycles. The number of esters is 1. The van der Waals surface area contributed by atoms with Crippen LogP contribution in [0.1, 0.15) is 39.5 Å². The zero-order valence-electron chi connectivity index (χ0n) is 16.1. The van der Waals surface area contributed by atoms with Crippen molar-refractivity contribution in [1.82, 2.24) is 4.90 Å². The van der Waals surface area contributed by atoms with E-state index >= 15 is 0 Å². The fourth-order valence-corrected chi connectivity index (χ4v) is 2.35. The minimum absolute atomic E-state index is 0.0233. The van der Waals surface area contributed by atoms with Crippen molar-refractivity contribution in [3.63, 3.8) is 0 Å². The predicted octanol–water partition coefficient (Wildman–Crippen LogP) is 3.05. The number of carbonyl (C=O) groups excluding carboxylic acids is 2. The van der Waals surface area contributed by atoms with Gasteiger partial charge in [0.1, 0.15) is 5.75 Å². The van der Waals surface area contributed by atoms with E-state index in [9.17, 15) is 9.59 Å². The summed E-state index contributed by atoms with van der Waals surface area (Å²) in [4.78, 5) is 25.5. The lowest BCUT2D eigenvalue weighted by Gasteiger charge is -2.22. The van der Waals surface area contributed by atoms with E-state index in [2.05, 4.69) is 4.74 Å². The maximum absolute atomic E-state index is 12.5. The molecule has 1 rings (SSSR count). The van der Waals surface area contributed by atoms with Crippen molar-refractivity contribution >= 4 is 11.9 Å². The average molecular weight is 365 g/mol. The van der Waals surface area contributed by atoms with Gasteiger partial charge in [0.15, 0.2) is 0 Å². The third kappa shape index (κ3) is 10.0. The maximum atomic E-state index is 12.5. The summed E-state index contributed by atoms with van der Waals surface area (Å²) < 4.78 is 15.8. The van der Waals surface area contributed by atoms with Crippen LogP contribution in [-0.4, -0.2) is 56.3 Å². The van der Waals surface area contributed by atoms with Crippen LogP contribution in [0.5, 0.6) is 5.75 Å². The number of hydrogen-bond acceptors (Lipinski definition) is 5. The zero-order chi connectivity index (χ0) is 19.2. The Morgan fingerprint density at radius 2 is 1.73 bits per heavy atom. The highest BCUT2D eigenvalue weighted by atomic mass is 16.5. The van der Waals surface area contributed by atoms with Gasteiger partial charge in [0.05, 0.1) is 26.2 Å². The third-order valence-electron chi connectivity index (χ3n) is 3.74. The Morgan fingerprint density at radius 1 is 1.00 bits per heavy atom. The number of benzene rings is 1. The molecule has 1 amide bonds. The van der Waals surface area contributed by atoms with E-state index in [1.54, 1.807) is 4.90 Å². The quantitative estimate of drug-likeness (QED) is 0.397. The molecule has 0 saturated carbocycles. The number of para-hydroxylation sites is 1. The van der Waals surface area contributed by atoms with E-state index < -0.39 is 0 Å². The Hall–Kier alpha value is -2.08. The van der Waals surface area contributed by atoms with Gasteiger partial charge in [-0.15, -0.1) is 0 Å². The van der Waals surface area contributed by atoms with Crippen LogP contribution in [0.2, 0.25) is 0 Å². The van der Waals surface area contributed by atoms with E-state index in [1.807, 2.05) is 44.2 Å². The summed E-state index contributed by atoms with van der Waals surface area (Å²) in [6.45, 7) is 5.97. The molecule has 0 unspecified atom stereocenters. The average Bonchev–Trinajstić information content (AvgIpc) is 2.64. The molecule has 0 aliphatic rings. The van der Waals surface area contributed by atoms with Gasteiger partial charge in [-0.05, 0) is 38.8 Å². The minimum Gasteiger partial charge on any atom is -0.494 e. The molecular formula is C20H31NO5. The first-order valence-electron chi connectivity index (χ1n) is 9.17. The normalized spacial score (nSPS) is 10.6. The van der Waals surface area contributed by atoms with Crippen molar-refractivity contribution < 1.29 is 23.8 Å². The van der Waals surface area contributed by atoms with Crippen LogP contribution >= 0.6 is 0 Å². The highest BCUT2D eigenvalue weighted by Gasteiger charge is 2.15. The molecule has 0 aromatic heterocycles. The SMILES string of the molecule is COC(=O)CCN(CCCOC(C)C)C(=O)CCCOc1ccccc1. The lowest BCUT2D eigenvalue weighted by Crippen LogP contribution is -2.34. The number of carbonyl (C=O) groups is 2. The number of amides is 1. The summed E-state index contributed by atoms with van der Waals surface area (Å²) in [6.07, 6.45) is 2.13. The molecule has 6 heteroatoms. The molecule has 1 aromatic rings. The van der Waals surface area contributed by atoms with E-state index in [-0.39, 0.29) is 24.4 Å². The fourth-order valence-electron chi connectivity index (χ4n) is 2.35. The second kappa shape index (κ2) is 13.2. The van der Waals surface area contributed by atoms with Crippen LogP contribution < -0.4 is 4.74 Å². The van der Waals surface area contributed by atoms with Gasteiger partial charge in [-0.3, -0.25) is 9.59 Å². The molecule has 0 fully saturated rings. The Kier molecular flexibility index (Phi) is 11.1. The molecule has 0 heterocycles. The highest BCUT2D eigenvalue weighted by molar-refractivity contribution is 5.77. The number of ether oxygens (including phenoxy) is 3. The van der Waals surface area contributed by atoms with Crippen molar-refractivity contribution in [2.75, 3.05) is 33.4 Å². The van der Waals surface area contributed by atoms with Gasteiger partial charge >= 0.3 is 5.97 Å². The lowest BCUT2D eigenvalue weighted by molar-refractivity contribution is -0.141. The summed E-state index contributed by atoms with van der Waals surface area (Å²) in [5, 5.41) is 0. The van der Waals surface area contributed by atoms with Crippen LogP contribution in [0, 0.1) is 0 Å². The first-order valence-corrected chi connectivity index (χ1v) is 9.17. The molecule has 0 radical (unpaired) electrons. The summed E-state index contributed by atoms with van der Waals surface area (Å²) in [5.74, 6) is 0.511. The van der Waals surface area contributed by atoms with Crippen molar-refractivity contribution in [3.05, 3.63) is 30.3 Å². The van der Waals surface area contributed by atoms with Gasteiger partial charge in [0.2, 0.25) is 5.91 Å². The Morgan fingerprint density at radius 3 is 2.38 bits per heavy atom. The summed E-state index contributed by atoms with van der Waals surface area (Å²) >= 11 is 0. The monoisotopic (exact) mass is 365 g/mol. The molecule has 0 saturated heterocycles. The van der Waals surface area contributed by atoms with Crippen molar-refractivity contribution in [3.8, 4) is 5.75 Å². The Bertz CT molecular complexity index is 518. The van der Waals surface area contributed by atoms with Crippen LogP contribution in [0.3, 0.4) is 0 Å². The first-order chi connectivity index (χ1) is 12.5. The largest absolute Gasteiger partial charge is 0.494 e. The van der Waals surface area contributed by atoms with Crippen LogP contribution in [-0.2, 0) is 19.1 Å². The Balaban J connectivity index is 2.36. The molecule has 0 N–H and O–H groups in total. The molecule has 146 valence electrons. The van der Waals surface area contributed by atoms with Crippen molar-refractivity contribution in [2.24, 2.45) is 0 Å². The molecule has 0 aliphatic heterocycles. The molecule has 0 atom stereocenters. The van der Waals surface area contributed by atoms with Crippen LogP contribution in [0.15, 0.2) is 30.3 Å². The summed E-state index contributed by atoms with van der Waals surface area (Å²) in [5.41, 5.74) is 0.